The number of imidazole rings is 1. The Balaban J connectivity index is 2.23. The number of sulfonamides is 1. The first-order valence-corrected chi connectivity index (χ1v) is 7.29. The van der Waals surface area contributed by atoms with Crippen molar-refractivity contribution in [3.05, 3.63) is 41.5 Å². The number of primary sulfonamides is 1. The number of nitrogens with one attached hydrogen (secondary N) is 2. The number of rotatable bonds is 4. The Kier molecular flexibility index (Phi) is 3.59. The third-order valence-corrected chi connectivity index (χ3v) is 3.83. The number of nitrogens with two attached hydrogens (primary N) is 1. The SMILES string of the molecule is Cc1ccc(S(N)(=O)=O)cc1NCc1nc[nH]c1C. The summed E-state index contributed by atoms with van der Waals surface area (Å²) < 4.78 is 22.6. The number of anilines is 1. The van der Waals surface area contributed by atoms with Crippen molar-refractivity contribution < 1.29 is 8.42 Å². The highest BCUT2D eigenvalue weighted by Gasteiger charge is 2.10. The van der Waals surface area contributed by atoms with Gasteiger partial charge in [0.15, 0.2) is 0 Å². The predicted octanol–water partition coefficient (Wildman–Crippen LogP) is 1.29. The van der Waals surface area contributed by atoms with E-state index in [1.165, 1.54) is 12.1 Å². The molecule has 2 aromatic rings. The molecular formula is C12H16N4O2S. The minimum Gasteiger partial charge on any atom is -0.379 e. The number of hydrogen-bond acceptors (Lipinski definition) is 4. The molecule has 2 rings (SSSR count). The monoisotopic (exact) mass is 280 g/mol. The normalized spacial score (nSPS) is 11.5. The van der Waals surface area contributed by atoms with Gasteiger partial charge in [-0.3, -0.25) is 0 Å². The van der Waals surface area contributed by atoms with E-state index < -0.39 is 10.0 Å². The number of aromatic nitrogens is 2. The molecule has 102 valence electrons. The van der Waals surface area contributed by atoms with Gasteiger partial charge >= 0.3 is 0 Å². The fraction of sp³-hybridized carbons (Fsp3) is 0.250. The zero-order valence-corrected chi connectivity index (χ0v) is 11.6. The number of hydrogen-bond donors (Lipinski definition) is 3. The summed E-state index contributed by atoms with van der Waals surface area (Å²) in [5.41, 5.74) is 3.54. The Bertz CT molecular complexity index is 692. The zero-order valence-electron chi connectivity index (χ0n) is 10.8. The quantitative estimate of drug-likeness (QED) is 0.785. The Labute approximate surface area is 112 Å². The van der Waals surface area contributed by atoms with Crippen LogP contribution in [-0.4, -0.2) is 18.4 Å². The van der Waals surface area contributed by atoms with Crippen molar-refractivity contribution in [1.29, 1.82) is 0 Å². The van der Waals surface area contributed by atoms with Gasteiger partial charge in [-0.25, -0.2) is 18.5 Å². The van der Waals surface area contributed by atoms with Crippen LogP contribution < -0.4 is 10.5 Å². The van der Waals surface area contributed by atoms with E-state index in [9.17, 15) is 8.42 Å². The molecule has 0 unspecified atom stereocenters. The molecule has 0 aliphatic rings. The Morgan fingerprint density at radius 2 is 2.11 bits per heavy atom. The fourth-order valence-corrected chi connectivity index (χ4v) is 2.25. The molecule has 6 nitrogen and oxygen atoms in total. The third kappa shape index (κ3) is 3.12. The van der Waals surface area contributed by atoms with Crippen molar-refractivity contribution in [1.82, 2.24) is 9.97 Å². The zero-order chi connectivity index (χ0) is 14.0. The van der Waals surface area contributed by atoms with Gasteiger partial charge in [0.25, 0.3) is 0 Å². The highest BCUT2D eigenvalue weighted by atomic mass is 32.2. The highest BCUT2D eigenvalue weighted by Crippen LogP contribution is 2.20. The van der Waals surface area contributed by atoms with Crippen LogP contribution >= 0.6 is 0 Å². The van der Waals surface area contributed by atoms with E-state index in [1.54, 1.807) is 12.4 Å². The number of benzene rings is 1. The summed E-state index contributed by atoms with van der Waals surface area (Å²) in [4.78, 5) is 7.26. The van der Waals surface area contributed by atoms with Gasteiger partial charge in [-0.15, -0.1) is 0 Å². The lowest BCUT2D eigenvalue weighted by Crippen LogP contribution is -2.13. The third-order valence-electron chi connectivity index (χ3n) is 2.92. The summed E-state index contributed by atoms with van der Waals surface area (Å²) in [6.07, 6.45) is 1.62. The lowest BCUT2D eigenvalue weighted by molar-refractivity contribution is 0.598. The van der Waals surface area contributed by atoms with Gasteiger partial charge in [-0.1, -0.05) is 6.07 Å². The van der Waals surface area contributed by atoms with Crippen LogP contribution in [0.25, 0.3) is 0 Å². The Morgan fingerprint density at radius 3 is 2.68 bits per heavy atom. The number of H-pyrrole nitrogens is 1. The van der Waals surface area contributed by atoms with E-state index in [0.717, 1.165) is 22.6 Å². The summed E-state index contributed by atoms with van der Waals surface area (Å²) in [6.45, 7) is 4.34. The van der Waals surface area contributed by atoms with E-state index in [2.05, 4.69) is 15.3 Å². The first kappa shape index (κ1) is 13.6. The van der Waals surface area contributed by atoms with Crippen LogP contribution in [0.3, 0.4) is 0 Å². The Hall–Kier alpha value is -1.86. The van der Waals surface area contributed by atoms with Crippen LogP contribution in [0.15, 0.2) is 29.4 Å². The maximum atomic E-state index is 11.3. The van der Waals surface area contributed by atoms with Crippen molar-refractivity contribution >= 4 is 15.7 Å². The van der Waals surface area contributed by atoms with E-state index in [4.69, 9.17) is 5.14 Å². The van der Waals surface area contributed by atoms with Gasteiger partial charge < -0.3 is 10.3 Å². The van der Waals surface area contributed by atoms with Crippen molar-refractivity contribution in [3.8, 4) is 0 Å². The summed E-state index contributed by atoms with van der Waals surface area (Å²) in [5, 5.41) is 8.28. The molecule has 19 heavy (non-hydrogen) atoms. The summed E-state index contributed by atoms with van der Waals surface area (Å²) >= 11 is 0. The number of aromatic amines is 1. The van der Waals surface area contributed by atoms with Crippen LogP contribution in [0.5, 0.6) is 0 Å². The van der Waals surface area contributed by atoms with Crippen LogP contribution in [0, 0.1) is 13.8 Å². The molecule has 0 fully saturated rings. The molecule has 4 N–H and O–H groups in total. The molecule has 0 spiro atoms. The lowest BCUT2D eigenvalue weighted by atomic mass is 10.2. The molecule has 0 amide bonds. The predicted molar refractivity (Wildman–Crippen MR) is 73.2 cm³/mol. The molecule has 0 radical (unpaired) electrons. The molecule has 0 saturated heterocycles. The van der Waals surface area contributed by atoms with Gasteiger partial charge in [-0.05, 0) is 31.5 Å². The van der Waals surface area contributed by atoms with Crippen LogP contribution in [-0.2, 0) is 16.6 Å². The number of nitrogens with zero attached hydrogens (tertiary/aromatic N) is 1. The van der Waals surface area contributed by atoms with E-state index >= 15 is 0 Å². The van der Waals surface area contributed by atoms with Crippen LogP contribution in [0.4, 0.5) is 5.69 Å². The molecule has 7 heteroatoms. The molecule has 0 atom stereocenters. The molecule has 1 heterocycles. The smallest absolute Gasteiger partial charge is 0.238 e. The van der Waals surface area contributed by atoms with E-state index in [1.807, 2.05) is 13.8 Å². The van der Waals surface area contributed by atoms with Gasteiger partial charge in [0.2, 0.25) is 10.0 Å². The summed E-state index contributed by atoms with van der Waals surface area (Å²) in [5.74, 6) is 0. The standard InChI is InChI=1S/C12H16N4O2S/c1-8-3-4-10(19(13,17)18)5-11(8)14-6-12-9(2)15-7-16-12/h3-5,7,14H,6H2,1-2H3,(H,15,16)(H2,13,17,18). The van der Waals surface area contributed by atoms with Gasteiger partial charge in [0, 0.05) is 11.4 Å². The van der Waals surface area contributed by atoms with Gasteiger partial charge in [-0.2, -0.15) is 0 Å². The molecule has 0 saturated carbocycles. The molecular weight excluding hydrogens is 264 g/mol. The first-order chi connectivity index (χ1) is 8.88. The minimum atomic E-state index is -3.68. The second-order valence-electron chi connectivity index (χ2n) is 4.35. The van der Waals surface area contributed by atoms with Crippen molar-refractivity contribution in [3.63, 3.8) is 0 Å². The highest BCUT2D eigenvalue weighted by molar-refractivity contribution is 7.89. The average molecular weight is 280 g/mol. The minimum absolute atomic E-state index is 0.0966. The second-order valence-corrected chi connectivity index (χ2v) is 5.91. The number of aryl methyl sites for hydroxylation is 2. The second kappa shape index (κ2) is 5.02. The summed E-state index contributed by atoms with van der Waals surface area (Å²) in [6, 6.07) is 4.75. The largest absolute Gasteiger partial charge is 0.379 e. The van der Waals surface area contributed by atoms with E-state index in [-0.39, 0.29) is 4.90 Å². The lowest BCUT2D eigenvalue weighted by Gasteiger charge is -2.10. The van der Waals surface area contributed by atoms with Crippen molar-refractivity contribution in [2.24, 2.45) is 5.14 Å². The first-order valence-electron chi connectivity index (χ1n) is 5.74. The van der Waals surface area contributed by atoms with Crippen molar-refractivity contribution in [2.75, 3.05) is 5.32 Å². The van der Waals surface area contributed by atoms with Gasteiger partial charge in [0.1, 0.15) is 0 Å². The molecule has 0 bridgehead atoms. The maximum Gasteiger partial charge on any atom is 0.238 e. The summed E-state index contributed by atoms with van der Waals surface area (Å²) in [7, 11) is -3.68. The maximum absolute atomic E-state index is 11.3. The fourth-order valence-electron chi connectivity index (χ4n) is 1.71. The molecule has 0 aliphatic carbocycles. The molecule has 1 aromatic carbocycles. The van der Waals surface area contributed by atoms with Crippen LogP contribution in [0.2, 0.25) is 0 Å². The average Bonchev–Trinajstić information content (AvgIpc) is 2.72. The Morgan fingerprint density at radius 1 is 1.37 bits per heavy atom. The molecule has 1 aromatic heterocycles. The van der Waals surface area contributed by atoms with Gasteiger partial charge in [0.05, 0.1) is 23.5 Å². The van der Waals surface area contributed by atoms with Crippen molar-refractivity contribution in [2.45, 2.75) is 25.3 Å². The van der Waals surface area contributed by atoms with Crippen LogP contribution in [0.1, 0.15) is 17.0 Å². The topological polar surface area (TPSA) is 101 Å². The van der Waals surface area contributed by atoms with E-state index in [0.29, 0.717) is 6.54 Å². The molecule has 0 aliphatic heterocycles.